The van der Waals surface area contributed by atoms with E-state index in [9.17, 15) is 4.79 Å². The fourth-order valence-electron chi connectivity index (χ4n) is 1.71. The average Bonchev–Trinajstić information content (AvgIpc) is 2.30. The second kappa shape index (κ2) is 4.95. The molecule has 0 spiro atoms. The first-order valence-corrected chi connectivity index (χ1v) is 5.48. The van der Waals surface area contributed by atoms with Gasteiger partial charge in [-0.3, -0.25) is 0 Å². The van der Waals surface area contributed by atoms with Crippen molar-refractivity contribution >= 4 is 34.7 Å². The Kier molecular flexibility index (Phi) is 3.37. The summed E-state index contributed by atoms with van der Waals surface area (Å²) in [6, 6.07) is 11.8. The number of benzene rings is 2. The van der Waals surface area contributed by atoms with Crippen LogP contribution in [0.25, 0.3) is 16.8 Å². The Morgan fingerprint density at radius 2 is 1.88 bits per heavy atom. The van der Waals surface area contributed by atoms with Gasteiger partial charge in [-0.25, -0.2) is 0 Å². The normalized spacial score (nSPS) is 11.1. The van der Waals surface area contributed by atoms with E-state index in [-0.39, 0.29) is 0 Å². The molecule has 2 aromatic carbocycles. The summed E-state index contributed by atoms with van der Waals surface area (Å²) in [5.41, 5.74) is 1.05. The molecule has 0 heterocycles. The topological polar surface area (TPSA) is 17.1 Å². The number of carbonyl (C=O) groups excluding carboxylic acids is 1. The maximum atomic E-state index is 10.2. The van der Waals surface area contributed by atoms with E-state index < -0.39 is 0 Å². The summed E-state index contributed by atoms with van der Waals surface area (Å²) in [7, 11) is 0. The van der Waals surface area contributed by atoms with Crippen molar-refractivity contribution in [1.82, 2.24) is 0 Å². The smallest absolute Gasteiger partial charge is 0.123 e. The van der Waals surface area contributed by atoms with E-state index >= 15 is 0 Å². The molecule has 0 aromatic heterocycles. The minimum atomic E-state index is 0.431. The first kappa shape index (κ1) is 10.9. The molecule has 0 unspecified atom stereocenters. The zero-order valence-electron chi connectivity index (χ0n) is 8.69. The average molecular weight is 231 g/mol. The van der Waals surface area contributed by atoms with Gasteiger partial charge in [-0.1, -0.05) is 54.1 Å². The van der Waals surface area contributed by atoms with Crippen molar-refractivity contribution in [3.05, 3.63) is 53.1 Å². The number of halogens is 1. The molecular weight excluding hydrogens is 220 g/mol. The van der Waals surface area contributed by atoms with Gasteiger partial charge in [-0.15, -0.1) is 0 Å². The second-order valence-electron chi connectivity index (χ2n) is 3.49. The largest absolute Gasteiger partial charge is 0.303 e. The lowest BCUT2D eigenvalue weighted by Crippen LogP contribution is -1.79. The van der Waals surface area contributed by atoms with Gasteiger partial charge in [0.1, 0.15) is 6.29 Å². The van der Waals surface area contributed by atoms with E-state index in [1.165, 1.54) is 0 Å². The Morgan fingerprint density at radius 3 is 2.62 bits per heavy atom. The molecule has 0 fully saturated rings. The number of fused-ring (bicyclic) bond motifs is 1. The molecule has 80 valence electrons. The Balaban J connectivity index is 2.56. The lowest BCUT2D eigenvalue weighted by Gasteiger charge is -2.04. The molecule has 0 aliphatic rings. The van der Waals surface area contributed by atoms with Gasteiger partial charge < -0.3 is 4.79 Å². The number of hydrogen-bond donors (Lipinski definition) is 0. The maximum Gasteiger partial charge on any atom is 0.123 e. The van der Waals surface area contributed by atoms with E-state index in [1.807, 2.05) is 48.6 Å². The lowest BCUT2D eigenvalue weighted by atomic mass is 10.0. The van der Waals surface area contributed by atoms with Gasteiger partial charge >= 0.3 is 0 Å². The summed E-state index contributed by atoms with van der Waals surface area (Å²) in [6.07, 6.45) is 5.08. The Hall–Kier alpha value is -1.60. The van der Waals surface area contributed by atoms with Crippen molar-refractivity contribution in [2.24, 2.45) is 0 Å². The number of rotatable bonds is 3. The third-order valence-electron chi connectivity index (χ3n) is 2.42. The second-order valence-corrected chi connectivity index (χ2v) is 3.90. The molecule has 0 saturated heterocycles. The molecule has 2 heteroatoms. The third kappa shape index (κ3) is 2.15. The first-order valence-electron chi connectivity index (χ1n) is 5.10. The van der Waals surface area contributed by atoms with Crippen molar-refractivity contribution in [3.63, 3.8) is 0 Å². The van der Waals surface area contributed by atoms with E-state index in [0.717, 1.165) is 27.6 Å². The van der Waals surface area contributed by atoms with Gasteiger partial charge in [-0.2, -0.15) is 0 Å². The third-order valence-corrected chi connectivity index (χ3v) is 2.73. The predicted octanol–water partition coefficient (Wildman–Crippen LogP) is 4.10. The first-order chi connectivity index (χ1) is 7.83. The Labute approximate surface area is 99.3 Å². The van der Waals surface area contributed by atoms with Gasteiger partial charge in [0.25, 0.3) is 0 Å². The quantitative estimate of drug-likeness (QED) is 0.726. The van der Waals surface area contributed by atoms with E-state index in [1.54, 1.807) is 0 Å². The molecule has 0 amide bonds. The summed E-state index contributed by atoms with van der Waals surface area (Å²) in [5.74, 6) is 0. The molecule has 0 aliphatic heterocycles. The highest BCUT2D eigenvalue weighted by Gasteiger charge is 2.01. The molecule has 1 nitrogen and oxygen atoms in total. The molecule has 0 aliphatic carbocycles. The van der Waals surface area contributed by atoms with Crippen LogP contribution < -0.4 is 0 Å². The summed E-state index contributed by atoms with van der Waals surface area (Å²) in [6.45, 7) is 0. The van der Waals surface area contributed by atoms with Gasteiger partial charge in [0, 0.05) is 16.8 Å². The molecule has 0 N–H and O–H groups in total. The van der Waals surface area contributed by atoms with E-state index in [2.05, 4.69) is 0 Å². The molecule has 16 heavy (non-hydrogen) atoms. The molecular formula is C14H11ClO. The van der Waals surface area contributed by atoms with Crippen LogP contribution in [0.3, 0.4) is 0 Å². The van der Waals surface area contributed by atoms with Crippen LogP contribution in [0.2, 0.25) is 5.02 Å². The Bertz CT molecular complexity index is 538. The molecule has 0 bridgehead atoms. The number of allylic oxidation sites excluding steroid dienone is 1. The van der Waals surface area contributed by atoms with Gasteiger partial charge in [-0.05, 0) is 17.0 Å². The van der Waals surface area contributed by atoms with Crippen molar-refractivity contribution in [2.45, 2.75) is 6.42 Å². The summed E-state index contributed by atoms with van der Waals surface area (Å²) in [5, 5.41) is 2.89. The van der Waals surface area contributed by atoms with E-state index in [0.29, 0.717) is 6.42 Å². The van der Waals surface area contributed by atoms with Crippen LogP contribution in [-0.4, -0.2) is 6.29 Å². The predicted molar refractivity (Wildman–Crippen MR) is 68.7 cm³/mol. The molecule has 0 radical (unpaired) electrons. The highest BCUT2D eigenvalue weighted by molar-refractivity contribution is 6.36. The molecule has 0 saturated carbocycles. The van der Waals surface area contributed by atoms with Crippen molar-refractivity contribution in [1.29, 1.82) is 0 Å². The van der Waals surface area contributed by atoms with E-state index in [4.69, 9.17) is 11.6 Å². The van der Waals surface area contributed by atoms with Crippen LogP contribution in [-0.2, 0) is 4.79 Å². The van der Waals surface area contributed by atoms with Crippen LogP contribution in [0.4, 0.5) is 0 Å². The number of aldehydes is 1. The summed E-state index contributed by atoms with van der Waals surface area (Å²) < 4.78 is 0. The zero-order chi connectivity index (χ0) is 11.4. The van der Waals surface area contributed by atoms with Crippen LogP contribution in [0.1, 0.15) is 12.0 Å². The fourth-order valence-corrected chi connectivity index (χ4v) is 2.00. The van der Waals surface area contributed by atoms with Gasteiger partial charge in [0.2, 0.25) is 0 Å². The number of hydrogen-bond acceptors (Lipinski definition) is 1. The summed E-state index contributed by atoms with van der Waals surface area (Å²) in [4.78, 5) is 10.2. The Morgan fingerprint density at radius 1 is 1.12 bits per heavy atom. The monoisotopic (exact) mass is 230 g/mol. The highest BCUT2D eigenvalue weighted by atomic mass is 35.5. The molecule has 0 atom stereocenters. The standard InChI is InChI=1S/C14H11ClO/c15-13-9-4-8-12-7-3-6-11(14(12)13)5-1-2-10-16/h1,3-10H,2H2. The number of carbonyl (C=O) groups is 1. The molecule has 2 aromatic rings. The fraction of sp³-hybridized carbons (Fsp3) is 0.0714. The van der Waals surface area contributed by atoms with Crippen LogP contribution in [0.5, 0.6) is 0 Å². The highest BCUT2D eigenvalue weighted by Crippen LogP contribution is 2.27. The van der Waals surface area contributed by atoms with Crippen molar-refractivity contribution in [3.8, 4) is 0 Å². The minimum Gasteiger partial charge on any atom is -0.303 e. The SMILES string of the molecule is O=CCC=Cc1cccc2cccc(Cl)c12. The van der Waals surface area contributed by atoms with Crippen LogP contribution >= 0.6 is 11.6 Å². The maximum absolute atomic E-state index is 10.2. The van der Waals surface area contributed by atoms with Gasteiger partial charge in [0.05, 0.1) is 0 Å². The van der Waals surface area contributed by atoms with Crippen molar-refractivity contribution < 1.29 is 4.79 Å². The molecule has 2 rings (SSSR count). The zero-order valence-corrected chi connectivity index (χ0v) is 9.45. The van der Waals surface area contributed by atoms with Crippen molar-refractivity contribution in [2.75, 3.05) is 0 Å². The minimum absolute atomic E-state index is 0.431. The van der Waals surface area contributed by atoms with Crippen LogP contribution in [0, 0.1) is 0 Å². The summed E-state index contributed by atoms with van der Waals surface area (Å²) >= 11 is 6.17. The lowest BCUT2D eigenvalue weighted by molar-refractivity contribution is -0.107. The van der Waals surface area contributed by atoms with Gasteiger partial charge in [0.15, 0.2) is 0 Å². The van der Waals surface area contributed by atoms with Crippen LogP contribution in [0.15, 0.2) is 42.5 Å².